The van der Waals surface area contributed by atoms with Gasteiger partial charge in [0.2, 0.25) is 0 Å². The van der Waals surface area contributed by atoms with E-state index in [4.69, 9.17) is 11.6 Å². The fourth-order valence-electron chi connectivity index (χ4n) is 2.87. The lowest BCUT2D eigenvalue weighted by Gasteiger charge is -2.16. The zero-order chi connectivity index (χ0) is 19.5. The second kappa shape index (κ2) is 8.00. The van der Waals surface area contributed by atoms with Crippen LogP contribution in [0, 0.1) is 0 Å². The zero-order valence-electron chi connectivity index (χ0n) is 15.0. The number of pyridine rings is 1. The number of rotatable bonds is 7. The molecule has 1 amide bonds. The summed E-state index contributed by atoms with van der Waals surface area (Å²) in [5, 5.41) is 16.3. The Bertz CT molecular complexity index is 986. The Hall–Kier alpha value is -2.90. The first-order valence-electron chi connectivity index (χ1n) is 9.06. The maximum atomic E-state index is 12.6. The van der Waals surface area contributed by atoms with Gasteiger partial charge in [0.1, 0.15) is 17.8 Å². The third-order valence-corrected chi connectivity index (χ3v) is 4.76. The molecule has 0 radical (unpaired) electrons. The quantitative estimate of drug-likeness (QED) is 0.570. The summed E-state index contributed by atoms with van der Waals surface area (Å²) in [6.45, 7) is -0.243. The minimum atomic E-state index is -0.563. The lowest BCUT2D eigenvalue weighted by Crippen LogP contribution is -2.31. The highest BCUT2D eigenvalue weighted by Gasteiger charge is 2.21. The lowest BCUT2D eigenvalue weighted by atomic mass is 10.1. The second-order valence-corrected chi connectivity index (χ2v) is 7.18. The van der Waals surface area contributed by atoms with Gasteiger partial charge in [-0.2, -0.15) is 0 Å². The number of halogens is 1. The van der Waals surface area contributed by atoms with Gasteiger partial charge in [0.25, 0.3) is 5.91 Å². The molecule has 3 N–H and O–H groups in total. The average molecular weight is 398 g/mol. The van der Waals surface area contributed by atoms with Crippen LogP contribution in [0.15, 0.2) is 55.1 Å². The molecular weight excluding hydrogens is 378 g/mol. The summed E-state index contributed by atoms with van der Waals surface area (Å²) < 4.78 is 1.77. The van der Waals surface area contributed by atoms with Crippen molar-refractivity contribution in [2.75, 3.05) is 11.9 Å². The van der Waals surface area contributed by atoms with Crippen molar-refractivity contribution >= 4 is 23.3 Å². The molecule has 28 heavy (non-hydrogen) atoms. The Morgan fingerprint density at radius 3 is 2.89 bits per heavy atom. The summed E-state index contributed by atoms with van der Waals surface area (Å²) in [7, 11) is 0. The lowest BCUT2D eigenvalue weighted by molar-refractivity contribution is 0.0911. The molecule has 4 rings (SSSR count). The number of anilines is 1. The minimum absolute atomic E-state index is 0.243. The molecule has 1 aliphatic carbocycles. The van der Waals surface area contributed by atoms with Crippen LogP contribution in [0.4, 0.5) is 5.82 Å². The first kappa shape index (κ1) is 18.5. The molecule has 1 saturated carbocycles. The number of imidazole rings is 1. The second-order valence-electron chi connectivity index (χ2n) is 6.75. The molecule has 0 saturated heterocycles. The average Bonchev–Trinajstić information content (AvgIpc) is 3.37. The van der Waals surface area contributed by atoms with Crippen molar-refractivity contribution in [3.8, 4) is 5.69 Å². The monoisotopic (exact) mass is 397 g/mol. The van der Waals surface area contributed by atoms with Gasteiger partial charge in [0.15, 0.2) is 0 Å². The van der Waals surface area contributed by atoms with Crippen LogP contribution in [0.25, 0.3) is 5.69 Å². The third-order valence-electron chi connectivity index (χ3n) is 4.53. The van der Waals surface area contributed by atoms with Crippen LogP contribution >= 0.6 is 11.6 Å². The number of hydrogen-bond donors (Lipinski definition) is 3. The van der Waals surface area contributed by atoms with E-state index in [2.05, 4.69) is 20.6 Å². The van der Waals surface area contributed by atoms with Crippen LogP contribution in [-0.4, -0.2) is 38.2 Å². The minimum Gasteiger partial charge on any atom is -0.394 e. The number of amides is 1. The molecule has 2 aromatic heterocycles. The van der Waals surface area contributed by atoms with E-state index >= 15 is 0 Å². The molecule has 1 atom stereocenters. The molecule has 7 nitrogen and oxygen atoms in total. The Morgan fingerprint density at radius 2 is 2.14 bits per heavy atom. The standard InChI is InChI=1S/C20H20ClN5O2/c21-14-3-1-2-13(8-14)18(11-27)25-20(28)17-10-26(12-23-17)16-6-7-22-19(9-16)24-15-4-5-15/h1-3,6-10,12,15,18,27H,4-5,11H2,(H,22,24)(H,25,28). The van der Waals surface area contributed by atoms with Crippen LogP contribution in [-0.2, 0) is 0 Å². The molecule has 3 aromatic rings. The van der Waals surface area contributed by atoms with Crippen molar-refractivity contribution in [1.82, 2.24) is 19.9 Å². The molecule has 1 aromatic carbocycles. The van der Waals surface area contributed by atoms with E-state index in [1.54, 1.807) is 47.6 Å². The Labute approximate surface area is 167 Å². The van der Waals surface area contributed by atoms with Gasteiger partial charge in [0, 0.05) is 29.5 Å². The van der Waals surface area contributed by atoms with Crippen LogP contribution in [0.3, 0.4) is 0 Å². The van der Waals surface area contributed by atoms with E-state index in [9.17, 15) is 9.90 Å². The van der Waals surface area contributed by atoms with Gasteiger partial charge in [-0.15, -0.1) is 0 Å². The summed E-state index contributed by atoms with van der Waals surface area (Å²) >= 11 is 6.00. The maximum absolute atomic E-state index is 12.6. The SMILES string of the molecule is O=C(NC(CO)c1cccc(Cl)c1)c1cn(-c2ccnc(NC3CC3)c2)cn1. The van der Waals surface area contributed by atoms with Crippen molar-refractivity contribution in [2.45, 2.75) is 24.9 Å². The van der Waals surface area contributed by atoms with E-state index in [-0.39, 0.29) is 18.2 Å². The smallest absolute Gasteiger partial charge is 0.272 e. The van der Waals surface area contributed by atoms with Gasteiger partial charge in [-0.3, -0.25) is 4.79 Å². The number of carbonyl (C=O) groups is 1. The van der Waals surface area contributed by atoms with Gasteiger partial charge in [-0.25, -0.2) is 9.97 Å². The normalized spacial score (nSPS) is 14.5. The summed E-state index contributed by atoms with van der Waals surface area (Å²) in [5.41, 5.74) is 1.85. The van der Waals surface area contributed by atoms with E-state index in [1.165, 1.54) is 12.8 Å². The molecular formula is C20H20ClN5O2. The van der Waals surface area contributed by atoms with Crippen molar-refractivity contribution in [3.05, 3.63) is 71.4 Å². The highest BCUT2D eigenvalue weighted by molar-refractivity contribution is 6.30. The summed E-state index contributed by atoms with van der Waals surface area (Å²) in [6.07, 6.45) is 7.29. The highest BCUT2D eigenvalue weighted by atomic mass is 35.5. The molecule has 0 bridgehead atoms. The largest absolute Gasteiger partial charge is 0.394 e. The molecule has 1 unspecified atom stereocenters. The van der Waals surface area contributed by atoms with E-state index in [0.29, 0.717) is 11.1 Å². The van der Waals surface area contributed by atoms with Gasteiger partial charge >= 0.3 is 0 Å². The van der Waals surface area contributed by atoms with Gasteiger partial charge in [0.05, 0.1) is 18.3 Å². The number of benzene rings is 1. The number of aliphatic hydroxyl groups excluding tert-OH is 1. The number of hydrogen-bond acceptors (Lipinski definition) is 5. The number of carbonyl (C=O) groups excluding carboxylic acids is 1. The van der Waals surface area contributed by atoms with Crippen molar-refractivity contribution in [3.63, 3.8) is 0 Å². The topological polar surface area (TPSA) is 92.1 Å². The Kier molecular flexibility index (Phi) is 5.27. The fraction of sp³-hybridized carbons (Fsp3) is 0.250. The van der Waals surface area contributed by atoms with Crippen molar-refractivity contribution < 1.29 is 9.90 Å². The molecule has 2 heterocycles. The number of nitrogens with zero attached hydrogens (tertiary/aromatic N) is 3. The first-order valence-corrected chi connectivity index (χ1v) is 9.44. The summed E-state index contributed by atoms with van der Waals surface area (Å²) in [5.74, 6) is 0.434. The van der Waals surface area contributed by atoms with Crippen molar-refractivity contribution in [2.24, 2.45) is 0 Å². The number of aliphatic hydroxyl groups is 1. The van der Waals surface area contributed by atoms with E-state index in [0.717, 1.165) is 17.1 Å². The Balaban J connectivity index is 1.48. The molecule has 8 heteroatoms. The predicted molar refractivity (Wildman–Crippen MR) is 107 cm³/mol. The first-order chi connectivity index (χ1) is 13.6. The van der Waals surface area contributed by atoms with Crippen LogP contribution in [0.5, 0.6) is 0 Å². The highest BCUT2D eigenvalue weighted by Crippen LogP contribution is 2.24. The van der Waals surface area contributed by atoms with Crippen LogP contribution in [0.2, 0.25) is 5.02 Å². The predicted octanol–water partition coefficient (Wildman–Crippen LogP) is 2.96. The van der Waals surface area contributed by atoms with Crippen molar-refractivity contribution in [1.29, 1.82) is 0 Å². The fourth-order valence-corrected chi connectivity index (χ4v) is 3.07. The number of nitrogens with one attached hydrogen (secondary N) is 2. The van der Waals surface area contributed by atoms with E-state index < -0.39 is 6.04 Å². The summed E-state index contributed by atoms with van der Waals surface area (Å²) in [4.78, 5) is 21.1. The number of aromatic nitrogens is 3. The summed E-state index contributed by atoms with van der Waals surface area (Å²) in [6, 6.07) is 10.8. The molecule has 0 aliphatic heterocycles. The molecule has 0 spiro atoms. The van der Waals surface area contributed by atoms with E-state index in [1.807, 2.05) is 12.1 Å². The third kappa shape index (κ3) is 4.32. The van der Waals surface area contributed by atoms with Gasteiger partial charge in [-0.1, -0.05) is 23.7 Å². The van der Waals surface area contributed by atoms with Crippen LogP contribution < -0.4 is 10.6 Å². The maximum Gasteiger partial charge on any atom is 0.272 e. The molecule has 144 valence electrons. The van der Waals surface area contributed by atoms with Gasteiger partial charge < -0.3 is 20.3 Å². The molecule has 1 aliphatic rings. The zero-order valence-corrected chi connectivity index (χ0v) is 15.8. The van der Waals surface area contributed by atoms with Gasteiger partial charge in [-0.05, 0) is 36.6 Å². The molecule has 1 fully saturated rings. The Morgan fingerprint density at radius 1 is 1.29 bits per heavy atom. The van der Waals surface area contributed by atoms with Crippen LogP contribution in [0.1, 0.15) is 34.9 Å².